The third-order valence-electron chi connectivity index (χ3n) is 2.92. The van der Waals surface area contributed by atoms with Gasteiger partial charge in [0.15, 0.2) is 6.19 Å². The normalized spacial score (nSPS) is 14.4. The maximum Gasteiger partial charge on any atom is 0.209 e. The van der Waals surface area contributed by atoms with Gasteiger partial charge in [0.2, 0.25) is 5.96 Å². The summed E-state index contributed by atoms with van der Waals surface area (Å²) in [7, 11) is 0. The smallest absolute Gasteiger partial charge is 0.209 e. The largest absolute Gasteiger partial charge is 0.325 e. The molecule has 0 spiro atoms. The molecule has 0 unspecified atom stereocenters. The van der Waals surface area contributed by atoms with E-state index in [4.69, 9.17) is 5.26 Å². The Kier molecular flexibility index (Phi) is 5.65. The fraction of sp³-hybridized carbons (Fsp3) is 0.462. The van der Waals surface area contributed by atoms with Crippen molar-refractivity contribution in [2.45, 2.75) is 33.2 Å². The molecule has 0 saturated heterocycles. The zero-order valence-electron chi connectivity index (χ0n) is 11.0. The molecule has 0 saturated carbocycles. The molecule has 1 aromatic heterocycles. The van der Waals surface area contributed by atoms with Crippen LogP contribution in [0.5, 0.6) is 0 Å². The van der Waals surface area contributed by atoms with Gasteiger partial charge >= 0.3 is 0 Å². The van der Waals surface area contributed by atoms with Crippen LogP contribution in [0.15, 0.2) is 29.5 Å². The number of pyridine rings is 1. The molecule has 2 N–H and O–H groups in total. The summed E-state index contributed by atoms with van der Waals surface area (Å²) < 4.78 is 0. The second-order valence-electron chi connectivity index (χ2n) is 4.20. The minimum Gasteiger partial charge on any atom is -0.325 e. The lowest BCUT2D eigenvalue weighted by atomic mass is 10.0. The van der Waals surface area contributed by atoms with Crippen LogP contribution in [0.3, 0.4) is 0 Å². The molecule has 5 nitrogen and oxygen atoms in total. The Morgan fingerprint density at radius 1 is 1.44 bits per heavy atom. The van der Waals surface area contributed by atoms with Gasteiger partial charge in [-0.25, -0.2) is 4.99 Å². The van der Waals surface area contributed by atoms with Gasteiger partial charge in [0, 0.05) is 18.1 Å². The molecule has 1 aromatic rings. The minimum atomic E-state index is 0.153. The molecule has 0 aromatic carbocycles. The van der Waals surface area contributed by atoms with E-state index in [9.17, 15) is 0 Å². The first-order valence-corrected chi connectivity index (χ1v) is 6.07. The molecule has 96 valence electrons. The highest BCUT2D eigenvalue weighted by molar-refractivity contribution is 5.94. The van der Waals surface area contributed by atoms with Crippen LogP contribution < -0.4 is 10.6 Å². The van der Waals surface area contributed by atoms with Crippen molar-refractivity contribution in [3.05, 3.63) is 24.5 Å². The van der Waals surface area contributed by atoms with Crippen LogP contribution in [-0.4, -0.2) is 17.0 Å². The molecule has 5 heteroatoms. The monoisotopic (exact) mass is 245 g/mol. The van der Waals surface area contributed by atoms with Gasteiger partial charge in [-0.05, 0) is 25.0 Å². The molecule has 1 rings (SSSR count). The van der Waals surface area contributed by atoms with E-state index in [1.165, 1.54) is 0 Å². The molecular formula is C13H19N5. The maximum atomic E-state index is 8.73. The zero-order chi connectivity index (χ0) is 13.4. The van der Waals surface area contributed by atoms with Gasteiger partial charge in [0.1, 0.15) is 0 Å². The topological polar surface area (TPSA) is 73.1 Å². The Bertz CT molecular complexity index is 421. The molecule has 0 amide bonds. The Morgan fingerprint density at radius 3 is 2.67 bits per heavy atom. The second-order valence-corrected chi connectivity index (χ2v) is 4.20. The Balaban J connectivity index is 2.77. The lowest BCUT2D eigenvalue weighted by Gasteiger charge is -2.16. The summed E-state index contributed by atoms with van der Waals surface area (Å²) in [5.74, 6) is 0.941. The van der Waals surface area contributed by atoms with Crippen molar-refractivity contribution in [2.75, 3.05) is 5.32 Å². The van der Waals surface area contributed by atoms with Crippen LogP contribution in [0.4, 0.5) is 5.69 Å². The quantitative estimate of drug-likeness (QED) is 0.369. The molecule has 18 heavy (non-hydrogen) atoms. The van der Waals surface area contributed by atoms with E-state index in [0.717, 1.165) is 12.1 Å². The van der Waals surface area contributed by atoms with E-state index >= 15 is 0 Å². The van der Waals surface area contributed by atoms with Crippen molar-refractivity contribution >= 4 is 11.6 Å². The number of nitriles is 1. The second kappa shape index (κ2) is 7.28. The highest BCUT2D eigenvalue weighted by Gasteiger charge is 2.10. The number of guanidine groups is 1. The summed E-state index contributed by atoms with van der Waals surface area (Å²) >= 11 is 0. The summed E-state index contributed by atoms with van der Waals surface area (Å²) in [5, 5.41) is 14.4. The standard InChI is InChI=1S/C13H19N5/c1-4-10(2)11(3)17-13(16-9-14)18-12-5-7-15-8-6-12/h5-8,10-11H,4H2,1-3H3,(H2,15,16,17,18)/t10-,11-/m1/s1. The first-order valence-electron chi connectivity index (χ1n) is 6.07. The lowest BCUT2D eigenvalue weighted by molar-refractivity contribution is 0.471. The summed E-state index contributed by atoms with van der Waals surface area (Å²) in [6.07, 6.45) is 6.32. The average molecular weight is 245 g/mol. The molecule has 0 fully saturated rings. The van der Waals surface area contributed by atoms with E-state index in [-0.39, 0.29) is 6.04 Å². The predicted molar refractivity (Wildman–Crippen MR) is 73.0 cm³/mol. The van der Waals surface area contributed by atoms with Crippen molar-refractivity contribution in [2.24, 2.45) is 10.9 Å². The maximum absolute atomic E-state index is 8.73. The van der Waals surface area contributed by atoms with Gasteiger partial charge in [-0.2, -0.15) is 5.26 Å². The molecule has 1 heterocycles. The summed E-state index contributed by atoms with van der Waals surface area (Å²) in [6.45, 7) is 6.32. The number of nitrogens with one attached hydrogen (secondary N) is 2. The highest BCUT2D eigenvalue weighted by atomic mass is 15.2. The summed E-state index contributed by atoms with van der Waals surface area (Å²) in [4.78, 5) is 8.42. The molecule has 0 aliphatic rings. The molecule has 0 aliphatic heterocycles. The molecule has 0 bridgehead atoms. The fourth-order valence-electron chi connectivity index (χ4n) is 1.39. The van der Waals surface area contributed by atoms with E-state index in [0.29, 0.717) is 11.9 Å². The number of hydrogen-bond acceptors (Lipinski definition) is 3. The lowest BCUT2D eigenvalue weighted by Crippen LogP contribution is -2.29. The molecular weight excluding hydrogens is 226 g/mol. The van der Waals surface area contributed by atoms with Crippen molar-refractivity contribution in [1.82, 2.24) is 10.3 Å². The van der Waals surface area contributed by atoms with Crippen molar-refractivity contribution in [1.29, 1.82) is 5.26 Å². The summed E-state index contributed by atoms with van der Waals surface area (Å²) in [5.41, 5.74) is 0.850. The van der Waals surface area contributed by atoms with Gasteiger partial charge in [0.25, 0.3) is 0 Å². The minimum absolute atomic E-state index is 0.153. The van der Waals surface area contributed by atoms with E-state index in [1.54, 1.807) is 12.4 Å². The van der Waals surface area contributed by atoms with Gasteiger partial charge < -0.3 is 5.32 Å². The number of rotatable bonds is 4. The van der Waals surface area contributed by atoms with E-state index in [1.807, 2.05) is 25.2 Å². The van der Waals surface area contributed by atoms with Crippen molar-refractivity contribution in [3.8, 4) is 6.19 Å². The van der Waals surface area contributed by atoms with Gasteiger partial charge in [-0.1, -0.05) is 20.3 Å². The average Bonchev–Trinajstić information content (AvgIpc) is 2.39. The van der Waals surface area contributed by atoms with E-state index < -0.39 is 0 Å². The fourth-order valence-corrected chi connectivity index (χ4v) is 1.39. The van der Waals surface area contributed by atoms with Crippen LogP contribution in [0.2, 0.25) is 0 Å². The van der Waals surface area contributed by atoms with Gasteiger partial charge in [-0.15, -0.1) is 0 Å². The number of anilines is 1. The van der Waals surface area contributed by atoms with Crippen LogP contribution in [-0.2, 0) is 0 Å². The van der Waals surface area contributed by atoms with Crippen LogP contribution in [0.25, 0.3) is 0 Å². The SMILES string of the molecule is CC[C@@H](C)[C@@H](C)N=C(NC#N)Nc1ccncc1. The number of nitrogens with zero attached hydrogens (tertiary/aromatic N) is 3. The van der Waals surface area contributed by atoms with E-state index in [2.05, 4.69) is 34.5 Å². The molecule has 0 radical (unpaired) electrons. The van der Waals surface area contributed by atoms with Gasteiger partial charge in [0.05, 0.1) is 6.04 Å². The Labute approximate surface area is 108 Å². The third kappa shape index (κ3) is 4.42. The molecule has 0 aliphatic carbocycles. The van der Waals surface area contributed by atoms with Crippen LogP contribution >= 0.6 is 0 Å². The number of hydrogen-bond donors (Lipinski definition) is 2. The Morgan fingerprint density at radius 2 is 2.11 bits per heavy atom. The van der Waals surface area contributed by atoms with Crippen LogP contribution in [0.1, 0.15) is 27.2 Å². The number of aromatic nitrogens is 1. The highest BCUT2D eigenvalue weighted by Crippen LogP contribution is 2.11. The van der Waals surface area contributed by atoms with Crippen LogP contribution in [0, 0.1) is 17.4 Å². The first kappa shape index (κ1) is 14.0. The zero-order valence-corrected chi connectivity index (χ0v) is 11.0. The number of aliphatic imine (C=N–C) groups is 1. The Hall–Kier alpha value is -2.09. The summed E-state index contributed by atoms with van der Waals surface area (Å²) in [6, 6.07) is 3.80. The van der Waals surface area contributed by atoms with Crippen molar-refractivity contribution < 1.29 is 0 Å². The van der Waals surface area contributed by atoms with Crippen molar-refractivity contribution in [3.63, 3.8) is 0 Å². The third-order valence-corrected chi connectivity index (χ3v) is 2.92. The first-order chi connectivity index (χ1) is 8.67. The molecule has 2 atom stereocenters. The van der Waals surface area contributed by atoms with Gasteiger partial charge in [-0.3, -0.25) is 10.3 Å². The predicted octanol–water partition coefficient (Wildman–Crippen LogP) is 2.35.